The lowest BCUT2D eigenvalue weighted by atomic mass is 10.1. The Morgan fingerprint density at radius 1 is 1.48 bits per heavy atom. The number of hydrogen-bond donors (Lipinski definition) is 2. The lowest BCUT2D eigenvalue weighted by Crippen LogP contribution is -2.28. The van der Waals surface area contributed by atoms with Crippen molar-refractivity contribution in [1.82, 2.24) is 14.1 Å². The average Bonchev–Trinajstić information content (AvgIpc) is 3.04. The number of sulfonamides is 1. The van der Waals surface area contributed by atoms with Gasteiger partial charge in [-0.25, -0.2) is 18.1 Å². The summed E-state index contributed by atoms with van der Waals surface area (Å²) in [5.41, 5.74) is 6.28. The van der Waals surface area contributed by atoms with Gasteiger partial charge in [-0.05, 0) is 30.9 Å². The van der Waals surface area contributed by atoms with Crippen LogP contribution in [0.4, 0.5) is 5.82 Å². The molecule has 2 aromatic rings. The summed E-state index contributed by atoms with van der Waals surface area (Å²) in [5, 5.41) is 0.000715. The molecule has 1 aliphatic heterocycles. The molecule has 1 unspecified atom stereocenters. The Morgan fingerprint density at radius 3 is 3.10 bits per heavy atom. The average molecular weight is 310 g/mol. The molecule has 0 radical (unpaired) electrons. The van der Waals surface area contributed by atoms with Crippen LogP contribution < -0.4 is 10.5 Å². The molecule has 1 aliphatic rings. The summed E-state index contributed by atoms with van der Waals surface area (Å²) in [5.74, 6) is 0.435. The van der Waals surface area contributed by atoms with E-state index in [4.69, 9.17) is 10.5 Å². The van der Waals surface area contributed by atoms with Crippen LogP contribution in [-0.4, -0.2) is 37.6 Å². The fourth-order valence-corrected chi connectivity index (χ4v) is 3.79. The van der Waals surface area contributed by atoms with Gasteiger partial charge in [-0.15, -0.1) is 0 Å². The van der Waals surface area contributed by atoms with Crippen molar-refractivity contribution in [3.05, 3.63) is 24.4 Å². The van der Waals surface area contributed by atoms with Crippen molar-refractivity contribution in [3.8, 4) is 0 Å². The first-order valence-corrected chi connectivity index (χ1v) is 8.36. The van der Waals surface area contributed by atoms with E-state index in [-0.39, 0.29) is 10.8 Å². The van der Waals surface area contributed by atoms with E-state index in [2.05, 4.69) is 9.71 Å². The van der Waals surface area contributed by atoms with Crippen LogP contribution in [-0.2, 0) is 14.8 Å². The number of anilines is 1. The van der Waals surface area contributed by atoms with Gasteiger partial charge in [0.05, 0.1) is 0 Å². The van der Waals surface area contributed by atoms with Crippen LogP contribution in [0.2, 0.25) is 0 Å². The maximum absolute atomic E-state index is 12.4. The van der Waals surface area contributed by atoms with Crippen LogP contribution in [0.5, 0.6) is 0 Å². The molecule has 0 bridgehead atoms. The second kappa shape index (κ2) is 5.63. The second-order valence-electron chi connectivity index (χ2n) is 5.15. The summed E-state index contributed by atoms with van der Waals surface area (Å²) in [6.07, 6.45) is 3.38. The van der Waals surface area contributed by atoms with Crippen LogP contribution in [0.1, 0.15) is 12.8 Å². The third-order valence-electron chi connectivity index (χ3n) is 3.63. The first-order valence-electron chi connectivity index (χ1n) is 6.88. The fraction of sp³-hybridized carbons (Fsp3) is 0.462. The van der Waals surface area contributed by atoms with Gasteiger partial charge < -0.3 is 10.5 Å². The Labute approximate surface area is 123 Å². The minimum absolute atomic E-state index is 0.000715. The van der Waals surface area contributed by atoms with Gasteiger partial charge in [0, 0.05) is 26.0 Å². The van der Waals surface area contributed by atoms with Gasteiger partial charge in [0.25, 0.3) is 10.0 Å². The Balaban J connectivity index is 1.78. The predicted octanol–water partition coefficient (Wildman–Crippen LogP) is 0.621. The van der Waals surface area contributed by atoms with Gasteiger partial charge in [-0.2, -0.15) is 0 Å². The SMILES string of the molecule is Nc1nc2ccccn2c1S(=O)(=O)NCCC1CCOC1. The topological polar surface area (TPSA) is 98.7 Å². The quantitative estimate of drug-likeness (QED) is 0.843. The number of rotatable bonds is 5. The van der Waals surface area contributed by atoms with Crippen LogP contribution in [0, 0.1) is 5.92 Å². The van der Waals surface area contributed by atoms with Crippen molar-refractivity contribution in [3.63, 3.8) is 0 Å². The Hall–Kier alpha value is -1.64. The summed E-state index contributed by atoms with van der Waals surface area (Å²) in [4.78, 5) is 4.07. The van der Waals surface area contributed by atoms with Gasteiger partial charge in [0.2, 0.25) is 0 Å². The third kappa shape index (κ3) is 2.87. The van der Waals surface area contributed by atoms with Gasteiger partial charge in [-0.3, -0.25) is 4.40 Å². The number of nitrogen functional groups attached to an aromatic ring is 1. The summed E-state index contributed by atoms with van der Waals surface area (Å²) in [6, 6.07) is 5.24. The van der Waals surface area contributed by atoms with E-state index in [1.807, 2.05) is 0 Å². The highest BCUT2D eigenvalue weighted by Gasteiger charge is 2.24. The van der Waals surface area contributed by atoms with Gasteiger partial charge in [0.1, 0.15) is 5.65 Å². The molecule has 21 heavy (non-hydrogen) atoms. The molecule has 3 heterocycles. The maximum Gasteiger partial charge on any atom is 0.260 e. The fourth-order valence-electron chi connectivity index (χ4n) is 2.54. The zero-order valence-corrected chi connectivity index (χ0v) is 12.3. The molecule has 1 saturated heterocycles. The third-order valence-corrected chi connectivity index (χ3v) is 5.13. The lowest BCUT2D eigenvalue weighted by molar-refractivity contribution is 0.184. The van der Waals surface area contributed by atoms with E-state index < -0.39 is 10.0 Å². The van der Waals surface area contributed by atoms with E-state index in [0.717, 1.165) is 19.4 Å². The Bertz CT molecular complexity index is 735. The standard InChI is InChI=1S/C13H18N4O3S/c14-12-13(17-7-2-1-3-11(17)16-12)21(18,19)15-6-4-10-5-8-20-9-10/h1-3,7,10,15H,4-6,8-9,14H2. The van der Waals surface area contributed by atoms with Gasteiger partial charge in [0.15, 0.2) is 10.8 Å². The molecule has 3 rings (SSSR count). The van der Waals surface area contributed by atoms with Crippen LogP contribution >= 0.6 is 0 Å². The van der Waals surface area contributed by atoms with E-state index in [0.29, 0.717) is 24.7 Å². The van der Waals surface area contributed by atoms with E-state index >= 15 is 0 Å². The largest absolute Gasteiger partial charge is 0.381 e. The number of aromatic nitrogens is 2. The number of imidazole rings is 1. The number of nitrogens with one attached hydrogen (secondary N) is 1. The molecule has 8 heteroatoms. The first-order chi connectivity index (χ1) is 10.1. The molecule has 7 nitrogen and oxygen atoms in total. The molecule has 0 amide bonds. The van der Waals surface area contributed by atoms with Crippen LogP contribution in [0.15, 0.2) is 29.4 Å². The van der Waals surface area contributed by atoms with E-state index in [1.54, 1.807) is 24.4 Å². The number of pyridine rings is 1. The lowest BCUT2D eigenvalue weighted by Gasteiger charge is -2.09. The van der Waals surface area contributed by atoms with Crippen LogP contribution in [0.3, 0.4) is 0 Å². The molecular formula is C13H18N4O3S. The summed E-state index contributed by atoms with van der Waals surface area (Å²) < 4.78 is 34.2. The minimum atomic E-state index is -3.68. The molecule has 1 atom stereocenters. The predicted molar refractivity (Wildman–Crippen MR) is 78.3 cm³/mol. The zero-order valence-electron chi connectivity index (χ0n) is 11.5. The molecule has 0 aliphatic carbocycles. The number of nitrogens with two attached hydrogens (primary N) is 1. The zero-order chi connectivity index (χ0) is 14.9. The van der Waals surface area contributed by atoms with Gasteiger partial charge >= 0.3 is 0 Å². The van der Waals surface area contributed by atoms with E-state index in [1.165, 1.54) is 4.40 Å². The van der Waals surface area contributed by atoms with Gasteiger partial charge in [-0.1, -0.05) is 6.07 Å². The minimum Gasteiger partial charge on any atom is -0.381 e. The molecule has 114 valence electrons. The monoisotopic (exact) mass is 310 g/mol. The van der Waals surface area contributed by atoms with Crippen molar-refractivity contribution in [2.24, 2.45) is 5.92 Å². The molecule has 1 fully saturated rings. The summed E-state index contributed by atoms with van der Waals surface area (Å²) in [7, 11) is -3.68. The first kappa shape index (κ1) is 14.3. The Kier molecular flexibility index (Phi) is 3.83. The van der Waals surface area contributed by atoms with E-state index in [9.17, 15) is 8.42 Å². The number of nitrogens with zero attached hydrogens (tertiary/aromatic N) is 2. The molecule has 0 spiro atoms. The summed E-state index contributed by atoms with van der Waals surface area (Å²) in [6.45, 7) is 1.84. The summed E-state index contributed by atoms with van der Waals surface area (Å²) >= 11 is 0. The molecule has 2 aromatic heterocycles. The number of hydrogen-bond acceptors (Lipinski definition) is 5. The number of fused-ring (bicyclic) bond motifs is 1. The smallest absolute Gasteiger partial charge is 0.260 e. The molecule has 0 saturated carbocycles. The normalized spacial score (nSPS) is 19.3. The number of ether oxygens (including phenoxy) is 1. The molecule has 3 N–H and O–H groups in total. The highest BCUT2D eigenvalue weighted by Crippen LogP contribution is 2.20. The molecular weight excluding hydrogens is 292 g/mol. The maximum atomic E-state index is 12.4. The van der Waals surface area contributed by atoms with Crippen molar-refractivity contribution in [1.29, 1.82) is 0 Å². The molecule has 0 aromatic carbocycles. The van der Waals surface area contributed by atoms with Crippen molar-refractivity contribution in [2.75, 3.05) is 25.5 Å². The second-order valence-corrected chi connectivity index (χ2v) is 6.83. The highest BCUT2D eigenvalue weighted by molar-refractivity contribution is 7.89. The van der Waals surface area contributed by atoms with Crippen molar-refractivity contribution in [2.45, 2.75) is 17.9 Å². The van der Waals surface area contributed by atoms with Crippen molar-refractivity contribution >= 4 is 21.5 Å². The Morgan fingerprint density at radius 2 is 2.33 bits per heavy atom. The highest BCUT2D eigenvalue weighted by atomic mass is 32.2. The van der Waals surface area contributed by atoms with Crippen molar-refractivity contribution < 1.29 is 13.2 Å². The van der Waals surface area contributed by atoms with Crippen LogP contribution in [0.25, 0.3) is 5.65 Å².